The van der Waals surface area contributed by atoms with Gasteiger partial charge in [-0.05, 0) is 68.2 Å². The van der Waals surface area contributed by atoms with Crippen LogP contribution in [0.15, 0.2) is 41.5 Å². The average molecular weight is 432 g/mol. The van der Waals surface area contributed by atoms with Crippen LogP contribution in [0.5, 0.6) is 0 Å². The Hall–Kier alpha value is -2.93. The molecule has 3 aromatic heterocycles. The van der Waals surface area contributed by atoms with Crippen LogP contribution in [-0.2, 0) is 0 Å². The van der Waals surface area contributed by atoms with Gasteiger partial charge < -0.3 is 20.3 Å². The molecule has 1 aliphatic heterocycles. The third-order valence-electron chi connectivity index (χ3n) is 7.71. The number of nitrogens with one attached hydrogen (secondary N) is 2. The number of nitrogens with zero attached hydrogens (tertiary/aromatic N) is 3. The summed E-state index contributed by atoms with van der Waals surface area (Å²) in [6.45, 7) is 1.68. The maximum Gasteiger partial charge on any atom is 0.259 e. The molecular weight excluding hydrogens is 402 g/mol. The summed E-state index contributed by atoms with van der Waals surface area (Å²) in [7, 11) is 0. The minimum Gasteiger partial charge on any atom is -0.393 e. The van der Waals surface area contributed by atoms with Crippen LogP contribution in [0.4, 0.5) is 17.2 Å². The van der Waals surface area contributed by atoms with Crippen molar-refractivity contribution in [3.8, 4) is 0 Å². The molecule has 32 heavy (non-hydrogen) atoms. The van der Waals surface area contributed by atoms with E-state index >= 15 is 0 Å². The predicted octanol–water partition coefficient (Wildman–Crippen LogP) is 3.93. The number of hydrogen-bond acceptors (Lipinski definition) is 6. The minimum absolute atomic E-state index is 0.138. The van der Waals surface area contributed by atoms with Crippen molar-refractivity contribution >= 4 is 28.1 Å². The van der Waals surface area contributed by atoms with Gasteiger partial charge in [0, 0.05) is 30.9 Å². The number of H-pyrrole nitrogens is 1. The summed E-state index contributed by atoms with van der Waals surface area (Å²) in [5, 5.41) is 13.7. The lowest BCUT2D eigenvalue weighted by atomic mass is 9.86. The molecule has 0 amide bonds. The number of aromatic amines is 1. The van der Waals surface area contributed by atoms with Crippen molar-refractivity contribution in [1.82, 2.24) is 15.0 Å². The lowest BCUT2D eigenvalue weighted by molar-refractivity contribution is 0.145. The fourth-order valence-corrected chi connectivity index (χ4v) is 6.02. The van der Waals surface area contributed by atoms with E-state index in [-0.39, 0.29) is 11.7 Å². The van der Waals surface area contributed by atoms with E-state index in [1.165, 1.54) is 25.7 Å². The van der Waals surface area contributed by atoms with Gasteiger partial charge in [-0.3, -0.25) is 9.78 Å². The maximum absolute atomic E-state index is 12.7. The number of anilines is 3. The van der Waals surface area contributed by atoms with Gasteiger partial charge in [0.2, 0.25) is 0 Å². The zero-order valence-electron chi connectivity index (χ0n) is 18.1. The highest BCUT2D eigenvalue weighted by molar-refractivity contribution is 5.92. The van der Waals surface area contributed by atoms with Crippen LogP contribution in [0.25, 0.3) is 10.9 Å². The Labute approximate surface area is 186 Å². The van der Waals surface area contributed by atoms with Gasteiger partial charge in [0.15, 0.2) is 0 Å². The normalized spacial score (nSPS) is 25.5. The molecule has 2 saturated carbocycles. The molecule has 0 spiro atoms. The summed E-state index contributed by atoms with van der Waals surface area (Å²) < 4.78 is 0. The predicted molar refractivity (Wildman–Crippen MR) is 126 cm³/mol. The zero-order valence-corrected chi connectivity index (χ0v) is 18.1. The molecule has 0 aromatic carbocycles. The Kier molecular flexibility index (Phi) is 4.86. The van der Waals surface area contributed by atoms with Crippen molar-refractivity contribution in [1.29, 1.82) is 0 Å². The molecule has 0 radical (unpaired) electrons. The molecule has 2 bridgehead atoms. The van der Waals surface area contributed by atoms with Crippen LogP contribution in [0.1, 0.15) is 50.1 Å². The average Bonchev–Trinajstić information content (AvgIpc) is 3.44. The van der Waals surface area contributed by atoms with Gasteiger partial charge in [-0.15, -0.1) is 0 Å². The van der Waals surface area contributed by atoms with E-state index in [9.17, 15) is 9.90 Å². The van der Waals surface area contributed by atoms with Crippen LogP contribution in [0.3, 0.4) is 0 Å². The van der Waals surface area contributed by atoms with Crippen molar-refractivity contribution in [2.45, 2.75) is 50.5 Å². The first kappa shape index (κ1) is 19.7. The summed E-state index contributed by atoms with van der Waals surface area (Å²) in [6, 6.07) is 7.98. The molecule has 3 atom stereocenters. The SMILES string of the molecule is O=c1[nH]ccc2nc(C3CC4CCC3C4)cc(Nc3ccc(N4CCC(O)CC4)cn3)c12. The Morgan fingerprint density at radius 2 is 1.97 bits per heavy atom. The highest BCUT2D eigenvalue weighted by Gasteiger charge is 2.41. The summed E-state index contributed by atoms with van der Waals surface area (Å²) in [5.41, 5.74) is 3.53. The summed E-state index contributed by atoms with van der Waals surface area (Å²) in [6.07, 6.45) is 10.1. The second-order valence-corrected chi connectivity index (χ2v) is 9.69. The topological polar surface area (TPSA) is 94.1 Å². The molecule has 3 aromatic rings. The van der Waals surface area contributed by atoms with Crippen molar-refractivity contribution in [3.05, 3.63) is 52.7 Å². The molecule has 3 aliphatic rings. The number of aliphatic hydroxyl groups excluding tert-OH is 1. The number of hydrogen-bond donors (Lipinski definition) is 3. The lowest BCUT2D eigenvalue weighted by Gasteiger charge is -2.31. The fourth-order valence-electron chi connectivity index (χ4n) is 6.02. The number of rotatable bonds is 4. The standard InChI is InChI=1S/C25H29N5O2/c31-18-6-9-30(10-7-18)17-3-4-23(27-14-17)29-22-13-21(19-12-15-1-2-16(19)11-15)28-20-5-8-26-25(32)24(20)22/h3-5,8,13-16,18-19,31H,1-2,6-7,9-12H2,(H,26,32)(H,27,28,29). The van der Waals surface area contributed by atoms with Crippen molar-refractivity contribution < 1.29 is 5.11 Å². The molecule has 4 heterocycles. The fraction of sp³-hybridized carbons (Fsp3) is 0.480. The monoisotopic (exact) mass is 431 g/mol. The van der Waals surface area contributed by atoms with E-state index < -0.39 is 0 Å². The van der Waals surface area contributed by atoms with Crippen LogP contribution in [0, 0.1) is 11.8 Å². The Bertz CT molecular complexity index is 1180. The third-order valence-corrected chi connectivity index (χ3v) is 7.71. The highest BCUT2D eigenvalue weighted by Crippen LogP contribution is 2.52. The molecule has 1 saturated heterocycles. The van der Waals surface area contributed by atoms with Crippen LogP contribution in [0.2, 0.25) is 0 Å². The number of aromatic nitrogens is 3. The van der Waals surface area contributed by atoms with Gasteiger partial charge in [-0.25, -0.2) is 4.98 Å². The van der Waals surface area contributed by atoms with Gasteiger partial charge in [0.05, 0.1) is 34.6 Å². The van der Waals surface area contributed by atoms with Crippen molar-refractivity contribution in [2.24, 2.45) is 11.8 Å². The smallest absolute Gasteiger partial charge is 0.259 e. The molecule has 2 aliphatic carbocycles. The second-order valence-electron chi connectivity index (χ2n) is 9.69. The van der Waals surface area contributed by atoms with Crippen LogP contribution < -0.4 is 15.8 Å². The molecule has 166 valence electrons. The Balaban J connectivity index is 1.31. The first-order chi connectivity index (χ1) is 15.6. The number of piperidine rings is 1. The van der Waals surface area contributed by atoms with E-state index in [1.807, 2.05) is 18.3 Å². The zero-order chi connectivity index (χ0) is 21.7. The van der Waals surface area contributed by atoms with E-state index in [4.69, 9.17) is 4.98 Å². The van der Waals surface area contributed by atoms with Crippen molar-refractivity contribution in [2.75, 3.05) is 23.3 Å². The summed E-state index contributed by atoms with van der Waals surface area (Å²) in [4.78, 5) is 27.2. The van der Waals surface area contributed by atoms with E-state index in [2.05, 4.69) is 32.3 Å². The van der Waals surface area contributed by atoms with E-state index in [0.717, 1.165) is 60.4 Å². The molecule has 3 N–H and O–H groups in total. The van der Waals surface area contributed by atoms with E-state index in [0.29, 0.717) is 17.1 Å². The maximum atomic E-state index is 12.7. The number of aliphatic hydroxyl groups is 1. The molecule has 3 fully saturated rings. The highest BCUT2D eigenvalue weighted by atomic mass is 16.3. The van der Waals surface area contributed by atoms with Gasteiger partial charge >= 0.3 is 0 Å². The number of pyridine rings is 3. The van der Waals surface area contributed by atoms with Gasteiger partial charge in [0.25, 0.3) is 5.56 Å². The first-order valence-electron chi connectivity index (χ1n) is 11.8. The van der Waals surface area contributed by atoms with Crippen LogP contribution in [-0.4, -0.2) is 39.3 Å². The van der Waals surface area contributed by atoms with Crippen LogP contribution >= 0.6 is 0 Å². The molecule has 7 nitrogen and oxygen atoms in total. The Morgan fingerprint density at radius 3 is 2.69 bits per heavy atom. The molecule has 7 heteroatoms. The second kappa shape index (κ2) is 7.89. The summed E-state index contributed by atoms with van der Waals surface area (Å²) >= 11 is 0. The molecule has 6 rings (SSSR count). The molecule has 3 unspecified atom stereocenters. The molecular formula is C25H29N5O2. The third kappa shape index (κ3) is 3.54. The summed E-state index contributed by atoms with van der Waals surface area (Å²) in [5.74, 6) is 2.76. The largest absolute Gasteiger partial charge is 0.393 e. The van der Waals surface area contributed by atoms with Crippen molar-refractivity contribution in [3.63, 3.8) is 0 Å². The van der Waals surface area contributed by atoms with E-state index in [1.54, 1.807) is 6.20 Å². The van der Waals surface area contributed by atoms with Gasteiger partial charge in [-0.2, -0.15) is 0 Å². The quantitative estimate of drug-likeness (QED) is 0.580. The first-order valence-corrected chi connectivity index (χ1v) is 11.8. The lowest BCUT2D eigenvalue weighted by Crippen LogP contribution is -2.35. The number of fused-ring (bicyclic) bond motifs is 3. The Morgan fingerprint density at radius 1 is 1.09 bits per heavy atom. The van der Waals surface area contributed by atoms with Gasteiger partial charge in [-0.1, -0.05) is 6.42 Å². The van der Waals surface area contributed by atoms with Gasteiger partial charge in [0.1, 0.15) is 5.82 Å². The minimum atomic E-state index is -0.192.